The summed E-state index contributed by atoms with van der Waals surface area (Å²) in [5.74, 6) is -0.803. The lowest BCUT2D eigenvalue weighted by molar-refractivity contribution is -0.137. The van der Waals surface area contributed by atoms with Gasteiger partial charge in [0.1, 0.15) is 12.4 Å². The van der Waals surface area contributed by atoms with Gasteiger partial charge in [0.25, 0.3) is 0 Å². The molecule has 1 aromatic rings. The van der Waals surface area contributed by atoms with Gasteiger partial charge in [0.05, 0.1) is 25.5 Å². The first-order valence-corrected chi connectivity index (χ1v) is 5.29. The van der Waals surface area contributed by atoms with Crippen LogP contribution in [0.25, 0.3) is 0 Å². The van der Waals surface area contributed by atoms with Crippen molar-refractivity contribution in [3.63, 3.8) is 0 Å². The maximum atomic E-state index is 11.2. The molecular formula is C10H14N4O4. The Balaban J connectivity index is 2.40. The number of carbonyl (C=O) groups is 2. The number of carboxylic acid groups (broad SMARTS) is 1. The number of carbonyl (C=O) groups excluding carboxylic acids is 1. The number of nitrogens with one attached hydrogen (secondary N) is 2. The topological polar surface area (TPSA) is 113 Å². The van der Waals surface area contributed by atoms with Crippen LogP contribution in [0, 0.1) is 0 Å². The maximum absolute atomic E-state index is 11.2. The second kappa shape index (κ2) is 7.05. The van der Waals surface area contributed by atoms with E-state index in [9.17, 15) is 9.59 Å². The van der Waals surface area contributed by atoms with Gasteiger partial charge in [-0.25, -0.2) is 0 Å². The first-order chi connectivity index (χ1) is 8.61. The number of rotatable bonds is 7. The van der Waals surface area contributed by atoms with Crippen molar-refractivity contribution in [3.05, 3.63) is 12.4 Å². The largest absolute Gasteiger partial charge is 0.480 e. The lowest BCUT2D eigenvalue weighted by atomic mass is 10.5. The van der Waals surface area contributed by atoms with Crippen LogP contribution in [-0.4, -0.2) is 46.6 Å². The number of anilines is 1. The molecule has 1 aromatic heterocycles. The molecule has 0 aliphatic carbocycles. The third kappa shape index (κ3) is 5.10. The lowest BCUT2D eigenvalue weighted by Gasteiger charge is -2.07. The van der Waals surface area contributed by atoms with E-state index < -0.39 is 18.4 Å². The Hall–Kier alpha value is -2.38. The Kier molecular flexibility index (Phi) is 5.36. The van der Waals surface area contributed by atoms with Crippen LogP contribution in [0.4, 0.5) is 5.82 Å². The van der Waals surface area contributed by atoms with Crippen molar-refractivity contribution < 1.29 is 19.4 Å². The quantitative estimate of drug-likeness (QED) is 0.600. The first kappa shape index (κ1) is 13.7. The highest BCUT2D eigenvalue weighted by Gasteiger charge is 2.04. The predicted molar refractivity (Wildman–Crippen MR) is 62.3 cm³/mol. The fourth-order valence-corrected chi connectivity index (χ4v) is 1.06. The number of hydrogen-bond donors (Lipinski definition) is 3. The summed E-state index contributed by atoms with van der Waals surface area (Å²) < 4.78 is 5.14. The third-order valence-corrected chi connectivity index (χ3v) is 1.77. The highest BCUT2D eigenvalue weighted by molar-refractivity contribution is 5.84. The van der Waals surface area contributed by atoms with Crippen molar-refractivity contribution in [3.8, 4) is 5.88 Å². The van der Waals surface area contributed by atoms with Crippen LogP contribution in [0.15, 0.2) is 12.4 Å². The van der Waals surface area contributed by atoms with Gasteiger partial charge in [0.15, 0.2) is 0 Å². The van der Waals surface area contributed by atoms with Crippen molar-refractivity contribution in [1.82, 2.24) is 15.3 Å². The number of ether oxygens (including phenoxy) is 1. The first-order valence-electron chi connectivity index (χ1n) is 5.29. The van der Waals surface area contributed by atoms with Crippen LogP contribution in [0.5, 0.6) is 5.88 Å². The molecule has 3 N–H and O–H groups in total. The molecule has 0 bridgehead atoms. The van der Waals surface area contributed by atoms with E-state index >= 15 is 0 Å². The van der Waals surface area contributed by atoms with Crippen molar-refractivity contribution >= 4 is 17.7 Å². The SMILES string of the molecule is CCOc1cncc(NCC(=O)NCC(=O)O)n1. The number of amides is 1. The summed E-state index contributed by atoms with van der Waals surface area (Å²) in [6.45, 7) is 1.79. The van der Waals surface area contributed by atoms with E-state index in [0.717, 1.165) is 0 Å². The Morgan fingerprint density at radius 1 is 1.39 bits per heavy atom. The molecular weight excluding hydrogens is 240 g/mol. The fraction of sp³-hybridized carbons (Fsp3) is 0.400. The highest BCUT2D eigenvalue weighted by atomic mass is 16.5. The van der Waals surface area contributed by atoms with E-state index in [2.05, 4.69) is 20.6 Å². The van der Waals surface area contributed by atoms with Crippen molar-refractivity contribution in [2.45, 2.75) is 6.92 Å². The third-order valence-electron chi connectivity index (χ3n) is 1.77. The predicted octanol–water partition coefficient (Wildman–Crippen LogP) is -0.512. The van der Waals surface area contributed by atoms with Gasteiger partial charge in [0, 0.05) is 0 Å². The molecule has 0 unspecified atom stereocenters. The lowest BCUT2D eigenvalue weighted by Crippen LogP contribution is -2.34. The van der Waals surface area contributed by atoms with E-state index in [1.165, 1.54) is 12.4 Å². The fourth-order valence-electron chi connectivity index (χ4n) is 1.06. The smallest absolute Gasteiger partial charge is 0.322 e. The van der Waals surface area contributed by atoms with Crippen LogP contribution >= 0.6 is 0 Å². The monoisotopic (exact) mass is 254 g/mol. The number of nitrogens with zero attached hydrogens (tertiary/aromatic N) is 2. The normalized spacial score (nSPS) is 9.61. The highest BCUT2D eigenvalue weighted by Crippen LogP contribution is 2.08. The molecule has 0 aliphatic rings. The van der Waals surface area contributed by atoms with Crippen LogP contribution in [0.1, 0.15) is 6.92 Å². The molecule has 0 fully saturated rings. The van der Waals surface area contributed by atoms with E-state index in [1.54, 1.807) is 0 Å². The van der Waals surface area contributed by atoms with Crippen molar-refractivity contribution in [1.29, 1.82) is 0 Å². The molecule has 0 saturated heterocycles. The molecule has 1 amide bonds. The van der Waals surface area contributed by atoms with Crippen molar-refractivity contribution in [2.75, 3.05) is 25.0 Å². The molecule has 0 saturated carbocycles. The molecule has 0 spiro atoms. The molecule has 1 heterocycles. The van der Waals surface area contributed by atoms with Gasteiger partial charge in [-0.1, -0.05) is 0 Å². The van der Waals surface area contributed by atoms with E-state index in [0.29, 0.717) is 18.3 Å². The van der Waals surface area contributed by atoms with Crippen LogP contribution in [0.3, 0.4) is 0 Å². The zero-order valence-corrected chi connectivity index (χ0v) is 9.84. The Labute approximate surface area is 103 Å². The number of aliphatic carboxylic acids is 1. The summed E-state index contributed by atoms with van der Waals surface area (Å²) in [6, 6.07) is 0. The molecule has 0 atom stereocenters. The van der Waals surface area contributed by atoms with E-state index in [-0.39, 0.29) is 6.54 Å². The van der Waals surface area contributed by atoms with Gasteiger partial charge < -0.3 is 20.5 Å². The Morgan fingerprint density at radius 3 is 2.83 bits per heavy atom. The molecule has 18 heavy (non-hydrogen) atoms. The minimum atomic E-state index is -1.10. The van der Waals surface area contributed by atoms with Crippen LogP contribution in [0.2, 0.25) is 0 Å². The molecule has 8 nitrogen and oxygen atoms in total. The zero-order valence-electron chi connectivity index (χ0n) is 9.84. The van der Waals surface area contributed by atoms with Gasteiger partial charge in [-0.05, 0) is 6.92 Å². The molecule has 0 radical (unpaired) electrons. The summed E-state index contributed by atoms with van der Waals surface area (Å²) >= 11 is 0. The summed E-state index contributed by atoms with van der Waals surface area (Å²) in [5, 5.41) is 13.3. The minimum Gasteiger partial charge on any atom is -0.480 e. The van der Waals surface area contributed by atoms with Gasteiger partial charge >= 0.3 is 5.97 Å². The second-order valence-corrected chi connectivity index (χ2v) is 3.20. The molecule has 0 aliphatic heterocycles. The van der Waals surface area contributed by atoms with Crippen molar-refractivity contribution in [2.24, 2.45) is 0 Å². The average molecular weight is 254 g/mol. The molecule has 8 heteroatoms. The van der Waals surface area contributed by atoms with E-state index in [4.69, 9.17) is 9.84 Å². The van der Waals surface area contributed by atoms with Gasteiger partial charge in [-0.3, -0.25) is 14.6 Å². The van der Waals surface area contributed by atoms with Crippen LogP contribution in [-0.2, 0) is 9.59 Å². The average Bonchev–Trinajstić information content (AvgIpc) is 2.35. The second-order valence-electron chi connectivity index (χ2n) is 3.20. The van der Waals surface area contributed by atoms with Gasteiger partial charge in [-0.2, -0.15) is 4.98 Å². The summed E-state index contributed by atoms with van der Waals surface area (Å²) in [7, 11) is 0. The zero-order chi connectivity index (χ0) is 13.4. The van der Waals surface area contributed by atoms with Gasteiger partial charge in [0.2, 0.25) is 11.8 Å². The van der Waals surface area contributed by atoms with Crippen LogP contribution < -0.4 is 15.4 Å². The number of carboxylic acids is 1. The molecule has 0 aromatic carbocycles. The number of hydrogen-bond acceptors (Lipinski definition) is 6. The van der Waals surface area contributed by atoms with E-state index in [1.807, 2.05) is 6.92 Å². The summed E-state index contributed by atoms with van der Waals surface area (Å²) in [6.07, 6.45) is 2.90. The summed E-state index contributed by atoms with van der Waals surface area (Å²) in [5.41, 5.74) is 0. The Morgan fingerprint density at radius 2 is 2.17 bits per heavy atom. The molecule has 98 valence electrons. The number of aromatic nitrogens is 2. The maximum Gasteiger partial charge on any atom is 0.322 e. The summed E-state index contributed by atoms with van der Waals surface area (Å²) in [4.78, 5) is 29.4. The molecule has 1 rings (SSSR count). The minimum absolute atomic E-state index is 0.0858. The Bertz CT molecular complexity index is 424. The standard InChI is InChI=1S/C10H14N4O4/c1-2-18-9-5-11-3-7(14-9)12-4-8(15)13-6-10(16)17/h3,5H,2,4,6H2,1H3,(H,12,14)(H,13,15)(H,16,17). The van der Waals surface area contributed by atoms with Gasteiger partial charge in [-0.15, -0.1) is 0 Å².